The summed E-state index contributed by atoms with van der Waals surface area (Å²) in [6.07, 6.45) is 6.84. The summed E-state index contributed by atoms with van der Waals surface area (Å²) in [7, 11) is 0. The number of carbonyl (C=O) groups is 5. The van der Waals surface area contributed by atoms with Gasteiger partial charge in [0, 0.05) is 56.1 Å². The molecule has 0 spiro atoms. The SMILES string of the molecule is Cc1ncsc1-c1ccc(CNC(=O)C2CC(O)CN2C(=O)[C@@H](NC(=O)C2(F)CC2)C(C)(C)C)c(OCCC2CCN(C(=O)C(C)(C)C(=O)Nc3cccc(Sc4cnc(N5CCC(C)(CN)CC5)cn4)c3Cl)CC2)c1. The van der Waals surface area contributed by atoms with Crippen LogP contribution in [0.3, 0.4) is 0 Å². The molecule has 410 valence electrons. The Hall–Kier alpha value is -5.41. The molecule has 1 aliphatic carbocycles. The van der Waals surface area contributed by atoms with Gasteiger partial charge in [0.25, 0.3) is 5.91 Å². The number of benzene rings is 2. The van der Waals surface area contributed by atoms with Crippen LogP contribution in [0.5, 0.6) is 5.75 Å². The largest absolute Gasteiger partial charge is 0.493 e. The second-order valence-electron chi connectivity index (χ2n) is 22.8. The smallest absolute Gasteiger partial charge is 0.258 e. The second kappa shape index (κ2) is 23.3. The molecule has 21 heteroatoms. The van der Waals surface area contributed by atoms with Gasteiger partial charge in [0.15, 0.2) is 5.67 Å². The summed E-state index contributed by atoms with van der Waals surface area (Å²) in [6.45, 7) is 16.4. The number of thiazole rings is 1. The van der Waals surface area contributed by atoms with E-state index in [2.05, 4.69) is 42.7 Å². The lowest BCUT2D eigenvalue weighted by Crippen LogP contribution is -2.59. The van der Waals surface area contributed by atoms with Crippen LogP contribution >= 0.6 is 34.7 Å². The maximum Gasteiger partial charge on any atom is 0.258 e. The molecule has 4 aliphatic rings. The van der Waals surface area contributed by atoms with Crippen LogP contribution in [0.4, 0.5) is 15.9 Å². The molecule has 4 aromatic rings. The Kier molecular flexibility index (Phi) is 17.4. The second-order valence-corrected chi connectivity index (χ2v) is 25.1. The number of amides is 5. The first-order chi connectivity index (χ1) is 36.0. The van der Waals surface area contributed by atoms with E-state index in [0.717, 1.165) is 47.9 Å². The van der Waals surface area contributed by atoms with E-state index in [4.69, 9.17) is 22.1 Å². The van der Waals surface area contributed by atoms with E-state index in [1.165, 1.54) is 28.0 Å². The van der Waals surface area contributed by atoms with E-state index in [1.807, 2.05) is 31.2 Å². The number of nitrogens with one attached hydrogen (secondary N) is 3. The van der Waals surface area contributed by atoms with Gasteiger partial charge in [-0.25, -0.2) is 19.3 Å². The highest BCUT2D eigenvalue weighted by molar-refractivity contribution is 7.99. The zero-order valence-electron chi connectivity index (χ0n) is 44.5. The fourth-order valence-electron chi connectivity index (χ4n) is 9.91. The average Bonchev–Trinajstić information content (AvgIpc) is 3.81. The number of aromatic nitrogens is 3. The van der Waals surface area contributed by atoms with Gasteiger partial charge in [-0.3, -0.25) is 24.0 Å². The number of aliphatic hydroxyl groups is 1. The number of β-amino-alcohol motifs (C(OH)–C–C–N with tert-alkyl or cyclic N) is 1. The van der Waals surface area contributed by atoms with E-state index >= 15 is 0 Å². The minimum Gasteiger partial charge on any atom is -0.493 e. The van der Waals surface area contributed by atoms with E-state index < -0.39 is 58.3 Å². The Morgan fingerprint density at radius 3 is 2.36 bits per heavy atom. The van der Waals surface area contributed by atoms with E-state index in [0.29, 0.717) is 77.4 Å². The van der Waals surface area contributed by atoms with Crippen LogP contribution in [0, 0.1) is 29.1 Å². The van der Waals surface area contributed by atoms with Gasteiger partial charge < -0.3 is 46.2 Å². The third kappa shape index (κ3) is 13.1. The van der Waals surface area contributed by atoms with Gasteiger partial charge in [-0.2, -0.15) is 0 Å². The van der Waals surface area contributed by atoms with Crippen molar-refractivity contribution in [2.75, 3.05) is 56.1 Å². The van der Waals surface area contributed by atoms with Crippen molar-refractivity contribution in [3.63, 3.8) is 0 Å². The van der Waals surface area contributed by atoms with Gasteiger partial charge in [-0.15, -0.1) is 11.3 Å². The Bertz CT molecular complexity index is 2770. The van der Waals surface area contributed by atoms with Crippen LogP contribution in [-0.4, -0.2) is 129 Å². The highest BCUT2D eigenvalue weighted by Crippen LogP contribution is 2.42. The molecule has 17 nitrogen and oxygen atoms in total. The van der Waals surface area contributed by atoms with Crippen LogP contribution in [0.25, 0.3) is 10.4 Å². The Morgan fingerprint density at radius 1 is 1.00 bits per heavy atom. The third-order valence-electron chi connectivity index (χ3n) is 15.5. The number of piperidine rings is 2. The Morgan fingerprint density at radius 2 is 1.72 bits per heavy atom. The van der Waals surface area contributed by atoms with Gasteiger partial charge in [-0.05, 0) is 113 Å². The molecule has 4 fully saturated rings. The van der Waals surface area contributed by atoms with E-state index in [1.54, 1.807) is 69.6 Å². The van der Waals surface area contributed by atoms with E-state index in [9.17, 15) is 33.5 Å². The van der Waals surface area contributed by atoms with Gasteiger partial charge >= 0.3 is 0 Å². The fourth-order valence-corrected chi connectivity index (χ4v) is 11.8. The van der Waals surface area contributed by atoms with Crippen molar-refractivity contribution in [3.8, 4) is 16.2 Å². The molecular formula is C55H72ClFN10O7S2. The van der Waals surface area contributed by atoms with Crippen LogP contribution in [0.2, 0.25) is 5.02 Å². The predicted molar refractivity (Wildman–Crippen MR) is 293 cm³/mol. The Balaban J connectivity index is 0.839. The molecule has 1 saturated carbocycles. The highest BCUT2D eigenvalue weighted by Gasteiger charge is 2.53. The molecule has 5 heterocycles. The molecule has 76 heavy (non-hydrogen) atoms. The number of likely N-dealkylation sites (tertiary alicyclic amines) is 2. The number of aliphatic hydroxyl groups excluding tert-OH is 1. The average molecular weight is 1100 g/mol. The molecule has 8 rings (SSSR count). The van der Waals surface area contributed by atoms with Crippen molar-refractivity contribution in [1.82, 2.24) is 35.4 Å². The molecule has 0 radical (unpaired) electrons. The lowest BCUT2D eigenvalue weighted by atomic mass is 9.80. The van der Waals surface area contributed by atoms with Gasteiger partial charge in [-0.1, -0.05) is 69.3 Å². The molecule has 2 unspecified atom stereocenters. The van der Waals surface area contributed by atoms with E-state index in [-0.39, 0.29) is 49.6 Å². The molecule has 3 saturated heterocycles. The minimum absolute atomic E-state index is 0.00340. The summed E-state index contributed by atoms with van der Waals surface area (Å²) in [5.41, 5.74) is 6.62. The topological polar surface area (TPSA) is 225 Å². The number of nitrogens with two attached hydrogens (primary N) is 1. The predicted octanol–water partition coefficient (Wildman–Crippen LogP) is 7.56. The molecule has 2 aromatic carbocycles. The van der Waals surface area contributed by atoms with Gasteiger partial charge in [0.2, 0.25) is 23.6 Å². The van der Waals surface area contributed by atoms with Crippen molar-refractivity contribution < 1.29 is 38.2 Å². The number of halogens is 2. The van der Waals surface area contributed by atoms with Crippen molar-refractivity contribution >= 4 is 75.7 Å². The number of aryl methyl sites for hydroxylation is 1. The lowest BCUT2D eigenvalue weighted by molar-refractivity contribution is -0.147. The fraction of sp³-hybridized carbons (Fsp3) is 0.564. The van der Waals surface area contributed by atoms with Crippen LogP contribution in [0.1, 0.15) is 104 Å². The third-order valence-corrected chi connectivity index (χ3v) is 18.0. The molecule has 3 aliphatic heterocycles. The minimum atomic E-state index is -1.99. The zero-order valence-corrected chi connectivity index (χ0v) is 46.9. The summed E-state index contributed by atoms with van der Waals surface area (Å²) >= 11 is 9.72. The van der Waals surface area contributed by atoms with Crippen LogP contribution in [-0.2, 0) is 30.5 Å². The summed E-state index contributed by atoms with van der Waals surface area (Å²) < 4.78 is 21.2. The van der Waals surface area contributed by atoms with Gasteiger partial charge in [0.05, 0.1) is 51.9 Å². The summed E-state index contributed by atoms with van der Waals surface area (Å²) in [5.74, 6) is -0.996. The number of ether oxygens (including phenoxy) is 1. The quantitative estimate of drug-likeness (QED) is 0.0608. The lowest BCUT2D eigenvalue weighted by Gasteiger charge is -2.39. The molecular weight excluding hydrogens is 1030 g/mol. The van der Waals surface area contributed by atoms with Crippen molar-refractivity contribution in [2.45, 2.75) is 140 Å². The first kappa shape index (κ1) is 56.8. The first-order valence-electron chi connectivity index (χ1n) is 26.2. The molecule has 0 bridgehead atoms. The molecule has 3 atom stereocenters. The summed E-state index contributed by atoms with van der Waals surface area (Å²) in [4.78, 5) is 89.2. The number of hydrogen-bond acceptors (Lipinski definition) is 14. The molecule has 2 aromatic heterocycles. The number of anilines is 2. The number of carbonyl (C=O) groups excluding carboxylic acids is 5. The van der Waals surface area contributed by atoms with Crippen LogP contribution in [0.15, 0.2) is 64.2 Å². The van der Waals surface area contributed by atoms with Crippen molar-refractivity contribution in [3.05, 3.63) is 70.6 Å². The number of alkyl halides is 1. The van der Waals surface area contributed by atoms with Crippen LogP contribution < -0.4 is 31.3 Å². The summed E-state index contributed by atoms with van der Waals surface area (Å²) in [6, 6.07) is 8.99. The number of rotatable bonds is 18. The van der Waals surface area contributed by atoms with Crippen molar-refractivity contribution in [1.29, 1.82) is 0 Å². The monoisotopic (exact) mass is 1100 g/mol. The van der Waals surface area contributed by atoms with Gasteiger partial charge in [0.1, 0.15) is 34.1 Å². The molecule has 5 amide bonds. The maximum absolute atomic E-state index is 14.7. The zero-order chi connectivity index (χ0) is 54.7. The molecule has 6 N–H and O–H groups in total. The highest BCUT2D eigenvalue weighted by atomic mass is 35.5. The first-order valence-corrected chi connectivity index (χ1v) is 28.3. The number of nitrogens with zero attached hydrogens (tertiary/aromatic N) is 6. The Labute approximate surface area is 458 Å². The normalized spacial score (nSPS) is 20.0. The number of hydrogen-bond donors (Lipinski definition) is 5. The maximum atomic E-state index is 14.7. The standard InChI is InChI=1S/C55H72ClFN10O7S2/c1-33-45(75-32-62-33)35-11-12-36(27-61-47(69)39-26-37(68)30-67(39)48(70)46(52(2,3)4)64-50(72)55(57)16-17-55)40(25-35)74-24-15-34-13-20-66(21-14-34)51(73)53(5,6)49(71)63-38-9-8-10-41(44(38)56)76-43-29-59-42(28-60-43)65-22-18-54(7,31-58)19-23-65/h8-12,25,28-29,32,34,37,39,46,68H,13-24,26-27,30-31,58H2,1-7H3,(H,61,69)(H,63,71)(H,64,72)/t37?,39?,46-/m1/s1. The van der Waals surface area contributed by atoms with Crippen molar-refractivity contribution in [2.24, 2.45) is 27.9 Å². The summed E-state index contributed by atoms with van der Waals surface area (Å²) in [5, 5.41) is 20.2.